The molecule has 0 aromatic carbocycles. The van der Waals surface area contributed by atoms with Crippen LogP contribution in [0.25, 0.3) is 0 Å². The number of hydrogen-bond donors (Lipinski definition) is 7. The maximum atomic E-state index is 12.2. The van der Waals surface area contributed by atoms with Gasteiger partial charge in [-0.3, -0.25) is 4.18 Å². The van der Waals surface area contributed by atoms with Crippen molar-refractivity contribution in [2.24, 2.45) is 0 Å². The molecular formula is C20H32N2O23S3-4. The number of carboxylic acid groups (broad SMARTS) is 1. The van der Waals surface area contributed by atoms with Crippen LogP contribution in [-0.2, 0) is 68.4 Å². The maximum Gasteiger partial charge on any atom is 0.218 e. The molecule has 282 valence electrons. The van der Waals surface area contributed by atoms with Gasteiger partial charge in [-0.15, -0.1) is 0 Å². The normalized spacial score (nSPS) is 41.6. The Kier molecular flexibility index (Phi) is 13.6. The highest BCUT2D eigenvalue weighted by atomic mass is 32.3. The van der Waals surface area contributed by atoms with Gasteiger partial charge in [0.15, 0.2) is 39.3 Å². The van der Waals surface area contributed by atoms with E-state index in [-0.39, 0.29) is 0 Å². The molecule has 0 radical (unpaired) electrons. The van der Waals surface area contributed by atoms with Crippen LogP contribution in [0, 0.1) is 0 Å². The molecule has 3 saturated heterocycles. The van der Waals surface area contributed by atoms with Crippen molar-refractivity contribution in [3.8, 4) is 0 Å². The van der Waals surface area contributed by atoms with Crippen molar-refractivity contribution in [3.05, 3.63) is 0 Å². The van der Waals surface area contributed by atoms with E-state index in [1.807, 2.05) is 0 Å². The third-order valence-corrected chi connectivity index (χ3v) is 8.98. The summed E-state index contributed by atoms with van der Waals surface area (Å²) >= 11 is 0. The number of carboxylic acids is 1. The summed E-state index contributed by atoms with van der Waals surface area (Å²) in [4.78, 5) is 12.2. The minimum atomic E-state index is -5.89. The Morgan fingerprint density at radius 3 is 1.71 bits per heavy atom. The molecule has 3 aliphatic heterocycles. The highest BCUT2D eigenvalue weighted by Gasteiger charge is 2.55. The zero-order chi connectivity index (χ0) is 36.5. The molecule has 0 aromatic rings. The van der Waals surface area contributed by atoms with Crippen molar-refractivity contribution in [2.75, 3.05) is 20.3 Å². The number of carbonyl (C=O) groups excluding carboxylic acids is 1. The first-order valence-corrected chi connectivity index (χ1v) is 17.5. The molecule has 0 saturated carbocycles. The highest BCUT2D eigenvalue weighted by molar-refractivity contribution is 7.84. The minimum Gasteiger partial charge on any atom is -0.735 e. The van der Waals surface area contributed by atoms with Gasteiger partial charge in [-0.2, -0.15) is 0 Å². The number of aliphatic hydroxyl groups is 5. The molecule has 6 unspecified atom stereocenters. The smallest absolute Gasteiger partial charge is 0.218 e. The lowest BCUT2D eigenvalue weighted by Crippen LogP contribution is -2.70. The fraction of sp³-hybridized carbons (Fsp3) is 0.950. The van der Waals surface area contributed by atoms with Gasteiger partial charge in [0.25, 0.3) is 0 Å². The van der Waals surface area contributed by atoms with E-state index in [0.29, 0.717) is 0 Å². The van der Waals surface area contributed by atoms with Crippen LogP contribution in [0.1, 0.15) is 6.92 Å². The van der Waals surface area contributed by atoms with Crippen molar-refractivity contribution in [1.82, 2.24) is 9.44 Å². The van der Waals surface area contributed by atoms with E-state index in [1.54, 1.807) is 0 Å². The summed E-state index contributed by atoms with van der Waals surface area (Å²) in [6, 6.07) is -3.98. The van der Waals surface area contributed by atoms with Gasteiger partial charge in [-0.25, -0.2) is 34.7 Å². The van der Waals surface area contributed by atoms with Crippen LogP contribution < -0.4 is 14.6 Å². The van der Waals surface area contributed by atoms with Gasteiger partial charge in [-0.05, 0) is 6.92 Å². The number of hydrogen-bond acceptors (Lipinski definition) is 23. The van der Waals surface area contributed by atoms with E-state index >= 15 is 0 Å². The first kappa shape index (κ1) is 41.1. The molecule has 15 atom stereocenters. The van der Waals surface area contributed by atoms with E-state index < -0.39 is 142 Å². The van der Waals surface area contributed by atoms with E-state index in [1.165, 1.54) is 9.44 Å². The zero-order valence-electron chi connectivity index (χ0n) is 24.4. The van der Waals surface area contributed by atoms with E-state index in [4.69, 9.17) is 28.4 Å². The third kappa shape index (κ3) is 10.1. The summed E-state index contributed by atoms with van der Waals surface area (Å²) in [5, 5.41) is 64.2. The van der Waals surface area contributed by atoms with Crippen LogP contribution >= 0.6 is 0 Å². The molecule has 0 spiro atoms. The molecule has 25 nitrogen and oxygen atoms in total. The summed E-state index contributed by atoms with van der Waals surface area (Å²) in [5.74, 6) is -2.29. The van der Waals surface area contributed by atoms with Gasteiger partial charge < -0.3 is 77.5 Å². The van der Waals surface area contributed by atoms with Crippen molar-refractivity contribution >= 4 is 37.0 Å². The molecule has 0 bridgehead atoms. The quantitative estimate of drug-likeness (QED) is 0.0637. The van der Waals surface area contributed by atoms with Gasteiger partial charge in [0, 0.05) is 7.11 Å². The number of ether oxygens (including phenoxy) is 6. The summed E-state index contributed by atoms with van der Waals surface area (Å²) in [6.45, 7) is -0.821. The molecule has 3 fully saturated rings. The lowest BCUT2D eigenvalue weighted by Gasteiger charge is -2.50. The average Bonchev–Trinajstić information content (AvgIpc) is 2.95. The second-order valence-corrected chi connectivity index (χ2v) is 13.9. The van der Waals surface area contributed by atoms with Crippen LogP contribution in [0.15, 0.2) is 0 Å². The first-order chi connectivity index (χ1) is 22.0. The molecule has 28 heteroatoms. The average molecular weight is 765 g/mol. The van der Waals surface area contributed by atoms with Gasteiger partial charge in [0.05, 0.1) is 31.3 Å². The second kappa shape index (κ2) is 15.9. The van der Waals surface area contributed by atoms with E-state index in [2.05, 4.69) is 4.18 Å². The Labute approximate surface area is 272 Å². The Balaban J connectivity index is 2.02. The van der Waals surface area contributed by atoms with Gasteiger partial charge in [-0.1, -0.05) is 0 Å². The molecule has 0 aliphatic carbocycles. The van der Waals surface area contributed by atoms with Crippen LogP contribution in [-0.4, -0.2) is 183 Å². The lowest BCUT2D eigenvalue weighted by molar-refractivity contribution is -0.376. The largest absolute Gasteiger partial charge is 0.735 e. The first-order valence-electron chi connectivity index (χ1n) is 13.4. The monoisotopic (exact) mass is 764 g/mol. The highest BCUT2D eigenvalue weighted by Crippen LogP contribution is 2.34. The summed E-state index contributed by atoms with van der Waals surface area (Å²) in [6.07, 6.45) is -27.8. The van der Waals surface area contributed by atoms with Gasteiger partial charge in [0.1, 0.15) is 61.0 Å². The van der Waals surface area contributed by atoms with Gasteiger partial charge in [0.2, 0.25) is 10.4 Å². The molecule has 0 amide bonds. The van der Waals surface area contributed by atoms with Crippen LogP contribution in [0.3, 0.4) is 0 Å². The number of nitrogens with one attached hydrogen (secondary N) is 2. The molecule has 48 heavy (non-hydrogen) atoms. The van der Waals surface area contributed by atoms with Crippen molar-refractivity contribution < 1.29 is 107 Å². The van der Waals surface area contributed by atoms with Crippen LogP contribution in [0.5, 0.6) is 0 Å². The topological polar surface area (TPSA) is 402 Å². The minimum absolute atomic E-state index is 0.962. The van der Waals surface area contributed by atoms with E-state index in [0.717, 1.165) is 14.0 Å². The summed E-state index contributed by atoms with van der Waals surface area (Å²) in [7, 11) is -15.6. The van der Waals surface area contributed by atoms with Crippen LogP contribution in [0.2, 0.25) is 0 Å². The van der Waals surface area contributed by atoms with E-state index in [9.17, 15) is 74.3 Å². The third-order valence-electron chi connectivity index (χ3n) is 7.40. The molecule has 0 aromatic heterocycles. The molecule has 3 aliphatic rings. The number of methoxy groups -OCH3 is 1. The lowest BCUT2D eigenvalue weighted by atomic mass is 9.93. The van der Waals surface area contributed by atoms with Crippen LogP contribution in [0.4, 0.5) is 0 Å². The number of aliphatic carboxylic acids is 1. The number of rotatable bonds is 14. The molecule has 7 N–H and O–H groups in total. The Bertz CT molecular complexity index is 1430. The number of aliphatic hydroxyl groups excluding tert-OH is 5. The van der Waals surface area contributed by atoms with Crippen molar-refractivity contribution in [2.45, 2.75) is 98.7 Å². The molecular weight excluding hydrogens is 732 g/mol. The van der Waals surface area contributed by atoms with Crippen molar-refractivity contribution in [1.29, 1.82) is 0 Å². The predicted octanol–water partition coefficient (Wildman–Crippen LogP) is -9.49. The fourth-order valence-electron chi connectivity index (χ4n) is 5.38. The van der Waals surface area contributed by atoms with Crippen molar-refractivity contribution in [3.63, 3.8) is 0 Å². The predicted molar refractivity (Wildman–Crippen MR) is 137 cm³/mol. The molecule has 3 rings (SSSR count). The summed E-state index contributed by atoms with van der Waals surface area (Å²) in [5.41, 5.74) is 0. The second-order valence-electron chi connectivity index (χ2n) is 10.6. The van der Waals surface area contributed by atoms with Gasteiger partial charge >= 0.3 is 0 Å². The standard InChI is InChI=1S/C20H36N2O23S3/c1-5-8(21-46(30,31)32)10(25)14(7(4-24)40-5)42-20-16(45-48(36,37)38)12(27)15(17(44-20)18(28)29)43-19-9(22-47(33,34)35)11(26)13(39-2)6(3-23)41-19/h5-17,19-27H,3-4H2,1-2H3,(H,28,29)(H,30,31,32)(H,33,34,35)(H,36,37,38)/p-4/t5-,6?,7?,8+,9-,10?,11?,12?,13+,14+,15-,16?,17+,19+,20+/m0/s1. The maximum absolute atomic E-state index is 12.2. The summed E-state index contributed by atoms with van der Waals surface area (Å²) < 4.78 is 142. The Morgan fingerprint density at radius 2 is 1.23 bits per heavy atom. The fourth-order valence-corrected chi connectivity index (χ4v) is 7.10. The Hall–Kier alpha value is -1.36. The Morgan fingerprint density at radius 1 is 0.729 bits per heavy atom. The zero-order valence-corrected chi connectivity index (χ0v) is 26.8. The SMILES string of the molecule is CO[C@@H]1C(CO)O[C@H](O[C@H]2C(O)C(OS(=O)(=O)[O-])[C@H](O[C@@H]3C(CO)O[C@@H](C)[C@@H](NS(=O)(=O)[O-])C3O)O[C@H]2C(=O)[O-])[C@@H](NS(=O)(=O)[O-])C1O. The molecule has 3 heterocycles. The number of carbonyl (C=O) groups is 1.